The summed E-state index contributed by atoms with van der Waals surface area (Å²) in [4.78, 5) is 28.3. The number of carbonyl (C=O) groups excluding carboxylic acids is 1. The molecule has 0 bridgehead atoms. The highest BCUT2D eigenvalue weighted by molar-refractivity contribution is 5.95. The molecule has 1 amide bonds. The molecule has 0 fully saturated rings. The van der Waals surface area contributed by atoms with Gasteiger partial charge in [0.15, 0.2) is 0 Å². The van der Waals surface area contributed by atoms with Crippen LogP contribution in [0.4, 0.5) is 8.78 Å². The molecule has 0 aliphatic rings. The van der Waals surface area contributed by atoms with Crippen molar-refractivity contribution in [3.05, 3.63) is 113 Å². The normalized spacial score (nSPS) is 12.6. The fourth-order valence-corrected chi connectivity index (χ4v) is 4.56. The zero-order valence-electron chi connectivity index (χ0n) is 23.1. The molecule has 0 saturated carbocycles. The maximum absolute atomic E-state index is 13.9. The molecule has 0 saturated heterocycles. The second-order valence-electron chi connectivity index (χ2n) is 10.0. The Labute approximate surface area is 242 Å². The van der Waals surface area contributed by atoms with Gasteiger partial charge in [0.2, 0.25) is 5.89 Å². The minimum Gasteiger partial charge on any atom is -0.481 e. The van der Waals surface area contributed by atoms with Gasteiger partial charge >= 0.3 is 5.97 Å². The van der Waals surface area contributed by atoms with Crippen molar-refractivity contribution < 1.29 is 33.0 Å². The number of hydrogen-bond acceptors (Lipinski definition) is 6. The number of oxazole rings is 1. The molecule has 0 spiro atoms. The predicted octanol–water partition coefficient (Wildman–Crippen LogP) is 4.69. The number of aliphatic hydroxyl groups excluding tert-OH is 1. The predicted molar refractivity (Wildman–Crippen MR) is 153 cm³/mol. The van der Waals surface area contributed by atoms with Gasteiger partial charge in [-0.3, -0.25) is 9.59 Å². The van der Waals surface area contributed by atoms with E-state index in [1.807, 2.05) is 18.2 Å². The topological polar surface area (TPSA) is 125 Å². The average molecular weight is 578 g/mol. The summed E-state index contributed by atoms with van der Waals surface area (Å²) in [6, 6.07) is 16.8. The molecule has 2 unspecified atom stereocenters. The van der Waals surface area contributed by atoms with Crippen molar-refractivity contribution in [2.75, 3.05) is 6.54 Å². The molecule has 10 heteroatoms. The number of aryl methyl sites for hydroxylation is 2. The molecule has 0 aliphatic carbocycles. The summed E-state index contributed by atoms with van der Waals surface area (Å²) >= 11 is 0. The van der Waals surface area contributed by atoms with E-state index in [0.717, 1.165) is 18.1 Å². The molecule has 0 radical (unpaired) electrons. The van der Waals surface area contributed by atoms with Crippen molar-refractivity contribution >= 4 is 11.9 Å². The first-order valence-corrected chi connectivity index (χ1v) is 13.7. The van der Waals surface area contributed by atoms with Crippen molar-refractivity contribution in [1.29, 1.82) is 0 Å². The number of hydrogen-bond donors (Lipinski definition) is 4. The number of halogens is 2. The summed E-state index contributed by atoms with van der Waals surface area (Å²) in [6.07, 6.45) is 1.33. The van der Waals surface area contributed by atoms with Crippen LogP contribution < -0.4 is 10.6 Å². The maximum atomic E-state index is 13.9. The Morgan fingerprint density at radius 2 is 1.71 bits per heavy atom. The molecule has 1 aromatic heterocycles. The van der Waals surface area contributed by atoms with Crippen LogP contribution in [0, 0.1) is 11.6 Å². The number of aliphatic hydroxyl groups is 1. The summed E-state index contributed by atoms with van der Waals surface area (Å²) in [6.45, 7) is 2.68. The average Bonchev–Trinajstić information content (AvgIpc) is 3.44. The smallest absolute Gasteiger partial charge is 0.303 e. The van der Waals surface area contributed by atoms with E-state index in [0.29, 0.717) is 17.9 Å². The Morgan fingerprint density at radius 1 is 0.976 bits per heavy atom. The third-order valence-corrected chi connectivity index (χ3v) is 6.75. The summed E-state index contributed by atoms with van der Waals surface area (Å²) < 4.78 is 33.5. The second kappa shape index (κ2) is 14.5. The fraction of sp³-hybridized carbons (Fsp3) is 0.281. The van der Waals surface area contributed by atoms with Crippen LogP contribution in [0.25, 0.3) is 11.5 Å². The van der Waals surface area contributed by atoms with Crippen molar-refractivity contribution in [1.82, 2.24) is 15.6 Å². The van der Waals surface area contributed by atoms with Gasteiger partial charge in [-0.2, -0.15) is 0 Å². The third-order valence-electron chi connectivity index (χ3n) is 6.75. The van der Waals surface area contributed by atoms with E-state index in [-0.39, 0.29) is 42.8 Å². The second-order valence-corrected chi connectivity index (χ2v) is 10.0. The number of carboxylic acids is 1. The number of benzene rings is 3. The Morgan fingerprint density at radius 3 is 2.45 bits per heavy atom. The van der Waals surface area contributed by atoms with E-state index in [4.69, 9.17) is 9.52 Å². The highest BCUT2D eigenvalue weighted by atomic mass is 19.1. The van der Waals surface area contributed by atoms with Crippen LogP contribution in [-0.2, 0) is 30.6 Å². The molecule has 42 heavy (non-hydrogen) atoms. The zero-order valence-corrected chi connectivity index (χ0v) is 23.1. The summed E-state index contributed by atoms with van der Waals surface area (Å²) in [5, 5.41) is 26.0. The standard InChI is InChI=1S/C32H33F2N3O5/c1-2-20-5-3-6-21(11-20)17-35-19-29(38)28(14-22-12-25(33)16-26(34)13-22)37-31(41)23-7-4-8-24(15-23)32-36-18-27(42-32)9-10-30(39)40/h3-8,11-13,15-16,18,28-29,35,38H,2,9-10,14,17,19H2,1H3,(H,37,41)(H,39,40). The molecule has 3 aromatic carbocycles. The van der Waals surface area contributed by atoms with Gasteiger partial charge in [0.1, 0.15) is 17.4 Å². The maximum Gasteiger partial charge on any atom is 0.303 e. The number of nitrogens with one attached hydrogen (secondary N) is 2. The minimum atomic E-state index is -1.08. The van der Waals surface area contributed by atoms with Crippen LogP contribution >= 0.6 is 0 Å². The van der Waals surface area contributed by atoms with Gasteiger partial charge in [-0.1, -0.05) is 37.3 Å². The van der Waals surface area contributed by atoms with Crippen molar-refractivity contribution in [3.63, 3.8) is 0 Å². The van der Waals surface area contributed by atoms with Crippen LogP contribution in [0.5, 0.6) is 0 Å². The Bertz CT molecular complexity index is 1500. The Balaban J connectivity index is 1.47. The largest absolute Gasteiger partial charge is 0.481 e. The summed E-state index contributed by atoms with van der Waals surface area (Å²) in [7, 11) is 0. The van der Waals surface area contributed by atoms with Gasteiger partial charge < -0.3 is 25.3 Å². The van der Waals surface area contributed by atoms with Crippen LogP contribution in [0.15, 0.2) is 77.3 Å². The van der Waals surface area contributed by atoms with Gasteiger partial charge in [-0.25, -0.2) is 13.8 Å². The van der Waals surface area contributed by atoms with E-state index in [1.165, 1.54) is 23.9 Å². The highest BCUT2D eigenvalue weighted by Crippen LogP contribution is 2.22. The Hall–Kier alpha value is -4.41. The van der Waals surface area contributed by atoms with E-state index in [9.17, 15) is 23.5 Å². The number of rotatable bonds is 14. The molecule has 4 N–H and O–H groups in total. The van der Waals surface area contributed by atoms with Gasteiger partial charge in [0.05, 0.1) is 24.8 Å². The quantitative estimate of drug-likeness (QED) is 0.171. The van der Waals surface area contributed by atoms with Crippen LogP contribution in [0.1, 0.15) is 46.2 Å². The lowest BCUT2D eigenvalue weighted by Crippen LogP contribution is -2.48. The fourth-order valence-electron chi connectivity index (χ4n) is 4.56. The van der Waals surface area contributed by atoms with Crippen molar-refractivity contribution in [3.8, 4) is 11.5 Å². The van der Waals surface area contributed by atoms with Crippen LogP contribution in [0.2, 0.25) is 0 Å². The molecule has 8 nitrogen and oxygen atoms in total. The molecule has 4 rings (SSSR count). The first-order valence-electron chi connectivity index (χ1n) is 13.7. The SMILES string of the molecule is CCc1cccc(CNCC(O)C(Cc2cc(F)cc(F)c2)NC(=O)c2cccc(-c3ncc(CCC(=O)O)o3)c2)c1. The van der Waals surface area contributed by atoms with Gasteiger partial charge in [-0.15, -0.1) is 0 Å². The van der Waals surface area contributed by atoms with Crippen LogP contribution in [0.3, 0.4) is 0 Å². The molecule has 1 heterocycles. The molecule has 220 valence electrons. The Kier molecular flexibility index (Phi) is 10.5. The first kappa shape index (κ1) is 30.5. The number of aliphatic carboxylic acids is 1. The van der Waals surface area contributed by atoms with E-state index < -0.39 is 35.7 Å². The van der Waals surface area contributed by atoms with Crippen molar-refractivity contribution in [2.24, 2.45) is 0 Å². The molecule has 2 atom stereocenters. The number of amides is 1. The lowest BCUT2D eigenvalue weighted by Gasteiger charge is -2.25. The number of carboxylic acid groups (broad SMARTS) is 1. The number of aromatic nitrogens is 1. The summed E-state index contributed by atoms with van der Waals surface area (Å²) in [5.74, 6) is -2.33. The van der Waals surface area contributed by atoms with E-state index >= 15 is 0 Å². The number of nitrogens with zero attached hydrogens (tertiary/aromatic N) is 1. The van der Waals surface area contributed by atoms with Crippen molar-refractivity contribution in [2.45, 2.75) is 51.3 Å². The highest BCUT2D eigenvalue weighted by Gasteiger charge is 2.23. The molecular weight excluding hydrogens is 544 g/mol. The number of carbonyl (C=O) groups is 2. The third kappa shape index (κ3) is 8.79. The monoisotopic (exact) mass is 577 g/mol. The summed E-state index contributed by atoms with van der Waals surface area (Å²) in [5.41, 5.74) is 3.28. The zero-order chi connectivity index (χ0) is 30.1. The molecule has 0 aliphatic heterocycles. The van der Waals surface area contributed by atoms with Gasteiger partial charge in [0.25, 0.3) is 5.91 Å². The van der Waals surface area contributed by atoms with Gasteiger partial charge in [-0.05, 0) is 59.9 Å². The van der Waals surface area contributed by atoms with E-state index in [1.54, 1.807) is 24.3 Å². The molecular formula is C32H33F2N3O5. The van der Waals surface area contributed by atoms with E-state index in [2.05, 4.69) is 28.6 Å². The first-order chi connectivity index (χ1) is 20.2. The minimum absolute atomic E-state index is 0.0129. The molecule has 4 aromatic rings. The van der Waals surface area contributed by atoms with Gasteiger partial charge in [0, 0.05) is 36.7 Å². The lowest BCUT2D eigenvalue weighted by molar-refractivity contribution is -0.137. The lowest BCUT2D eigenvalue weighted by atomic mass is 9.99. The van der Waals surface area contributed by atoms with Crippen LogP contribution in [-0.4, -0.2) is 45.8 Å².